The minimum Gasteiger partial charge on any atom is -0.389 e. The summed E-state index contributed by atoms with van der Waals surface area (Å²) >= 11 is 11.0. The van der Waals surface area contributed by atoms with Crippen molar-refractivity contribution in [2.75, 3.05) is 6.54 Å². The molecule has 4 nitrogen and oxygen atoms in total. The van der Waals surface area contributed by atoms with E-state index in [0.717, 1.165) is 12.8 Å². The fourth-order valence-electron chi connectivity index (χ4n) is 2.15. The largest absolute Gasteiger partial charge is 0.389 e. The standard InChI is InChI=1S/C14H19ClN2O2S2/c1-9(2)8-17(11-4-5-11)21(18,19)13-7-10(14(16)20)3-6-12(13)15/h3,6-7,9,11H,4-5,8H2,1-2H3,(H2,16,20). The Balaban J connectivity index is 2.46. The number of sulfonamides is 1. The van der Waals surface area contributed by atoms with Gasteiger partial charge < -0.3 is 5.73 Å². The van der Waals surface area contributed by atoms with Crippen molar-refractivity contribution in [3.63, 3.8) is 0 Å². The van der Waals surface area contributed by atoms with Gasteiger partial charge in [-0.25, -0.2) is 8.42 Å². The van der Waals surface area contributed by atoms with Crippen molar-refractivity contribution >= 4 is 38.8 Å². The Morgan fingerprint density at radius 1 is 1.48 bits per heavy atom. The van der Waals surface area contributed by atoms with Crippen molar-refractivity contribution in [2.45, 2.75) is 37.6 Å². The molecule has 0 atom stereocenters. The van der Waals surface area contributed by atoms with Crippen LogP contribution in [0.5, 0.6) is 0 Å². The molecular formula is C14H19ClN2O2S2. The van der Waals surface area contributed by atoms with E-state index in [9.17, 15) is 8.42 Å². The average molecular weight is 347 g/mol. The topological polar surface area (TPSA) is 63.4 Å². The lowest BCUT2D eigenvalue weighted by atomic mass is 10.2. The van der Waals surface area contributed by atoms with E-state index in [2.05, 4.69) is 0 Å². The van der Waals surface area contributed by atoms with Crippen LogP contribution < -0.4 is 5.73 Å². The third kappa shape index (κ3) is 3.74. The molecule has 7 heteroatoms. The van der Waals surface area contributed by atoms with E-state index in [4.69, 9.17) is 29.6 Å². The zero-order valence-corrected chi connectivity index (χ0v) is 14.4. The molecule has 2 N–H and O–H groups in total. The van der Waals surface area contributed by atoms with Gasteiger partial charge in [0, 0.05) is 18.2 Å². The van der Waals surface area contributed by atoms with Crippen molar-refractivity contribution in [1.29, 1.82) is 0 Å². The van der Waals surface area contributed by atoms with Crippen LogP contribution >= 0.6 is 23.8 Å². The predicted octanol–water partition coefficient (Wildman–Crippen LogP) is 2.78. The Bertz CT molecular complexity index is 655. The van der Waals surface area contributed by atoms with Crippen molar-refractivity contribution < 1.29 is 8.42 Å². The van der Waals surface area contributed by atoms with Crippen LogP contribution in [0.15, 0.2) is 23.1 Å². The van der Waals surface area contributed by atoms with Crippen LogP contribution in [-0.4, -0.2) is 30.3 Å². The molecule has 0 heterocycles. The molecule has 1 fully saturated rings. The highest BCUT2D eigenvalue weighted by Crippen LogP contribution is 2.35. The van der Waals surface area contributed by atoms with Crippen LogP contribution in [-0.2, 0) is 10.0 Å². The number of hydrogen-bond donors (Lipinski definition) is 1. The molecule has 0 amide bonds. The minimum atomic E-state index is -3.63. The van der Waals surface area contributed by atoms with Crippen LogP contribution in [0.25, 0.3) is 0 Å². The molecule has 1 saturated carbocycles. The first-order chi connectivity index (χ1) is 9.73. The number of rotatable bonds is 6. The minimum absolute atomic E-state index is 0.0851. The molecule has 2 rings (SSSR count). The molecule has 0 unspecified atom stereocenters. The Kier molecular flexibility index (Phi) is 4.92. The lowest BCUT2D eigenvalue weighted by Gasteiger charge is -2.24. The molecule has 116 valence electrons. The lowest BCUT2D eigenvalue weighted by Crippen LogP contribution is -2.36. The summed E-state index contributed by atoms with van der Waals surface area (Å²) in [7, 11) is -3.63. The van der Waals surface area contributed by atoms with Crippen molar-refractivity contribution in [1.82, 2.24) is 4.31 Å². The van der Waals surface area contributed by atoms with E-state index in [1.54, 1.807) is 10.4 Å². The monoisotopic (exact) mass is 346 g/mol. The average Bonchev–Trinajstić information content (AvgIpc) is 3.19. The van der Waals surface area contributed by atoms with Crippen LogP contribution in [0.2, 0.25) is 5.02 Å². The van der Waals surface area contributed by atoms with Gasteiger partial charge in [0.25, 0.3) is 0 Å². The molecule has 0 spiro atoms. The maximum absolute atomic E-state index is 12.9. The van der Waals surface area contributed by atoms with Gasteiger partial charge in [0.15, 0.2) is 0 Å². The molecule has 1 aliphatic rings. The summed E-state index contributed by atoms with van der Waals surface area (Å²) in [6.45, 7) is 4.48. The molecule has 0 aliphatic heterocycles. The second kappa shape index (κ2) is 6.20. The summed E-state index contributed by atoms with van der Waals surface area (Å²) in [5.74, 6) is 0.248. The summed E-state index contributed by atoms with van der Waals surface area (Å²) in [5.41, 5.74) is 6.09. The number of nitrogens with zero attached hydrogens (tertiary/aromatic N) is 1. The SMILES string of the molecule is CC(C)CN(C1CC1)S(=O)(=O)c1cc(C(N)=S)ccc1Cl. The summed E-state index contributed by atoms with van der Waals surface area (Å²) in [6.07, 6.45) is 1.80. The van der Waals surface area contributed by atoms with Crippen LogP contribution in [0.1, 0.15) is 32.3 Å². The number of benzene rings is 1. The van der Waals surface area contributed by atoms with Gasteiger partial charge in [-0.15, -0.1) is 0 Å². The van der Waals surface area contributed by atoms with Gasteiger partial charge in [-0.2, -0.15) is 4.31 Å². The molecule has 1 aromatic rings. The summed E-state index contributed by atoms with van der Waals surface area (Å²) < 4.78 is 27.4. The van der Waals surface area contributed by atoms with Crippen LogP contribution in [0.4, 0.5) is 0 Å². The van der Waals surface area contributed by atoms with Gasteiger partial charge in [0.2, 0.25) is 10.0 Å². The van der Waals surface area contributed by atoms with Crippen molar-refractivity contribution in [2.24, 2.45) is 11.7 Å². The third-order valence-electron chi connectivity index (χ3n) is 3.30. The molecule has 1 aromatic carbocycles. The number of halogens is 1. The normalized spacial score (nSPS) is 15.7. The Morgan fingerprint density at radius 2 is 2.10 bits per heavy atom. The van der Waals surface area contributed by atoms with Gasteiger partial charge >= 0.3 is 0 Å². The van der Waals surface area contributed by atoms with E-state index in [1.165, 1.54) is 12.1 Å². The molecule has 0 bridgehead atoms. The maximum Gasteiger partial charge on any atom is 0.244 e. The van der Waals surface area contributed by atoms with E-state index in [-0.39, 0.29) is 26.9 Å². The predicted molar refractivity (Wildman–Crippen MR) is 89.1 cm³/mol. The van der Waals surface area contributed by atoms with Crippen LogP contribution in [0, 0.1) is 5.92 Å². The number of thiocarbonyl (C=S) groups is 1. The van der Waals surface area contributed by atoms with Gasteiger partial charge in [0.1, 0.15) is 9.88 Å². The van der Waals surface area contributed by atoms with E-state index >= 15 is 0 Å². The summed E-state index contributed by atoms with van der Waals surface area (Å²) in [5, 5.41) is 0.199. The van der Waals surface area contributed by atoms with Gasteiger partial charge in [-0.3, -0.25) is 0 Å². The highest BCUT2D eigenvalue weighted by atomic mass is 35.5. The Morgan fingerprint density at radius 3 is 2.57 bits per heavy atom. The maximum atomic E-state index is 12.9. The van der Waals surface area contributed by atoms with Gasteiger partial charge in [-0.1, -0.05) is 43.7 Å². The molecule has 0 saturated heterocycles. The second-order valence-corrected chi connectivity index (χ2v) is 8.42. The first-order valence-corrected chi connectivity index (χ1v) is 9.07. The van der Waals surface area contributed by atoms with E-state index < -0.39 is 10.0 Å². The highest BCUT2D eigenvalue weighted by Gasteiger charge is 2.39. The van der Waals surface area contributed by atoms with Crippen LogP contribution in [0.3, 0.4) is 0 Å². The molecule has 1 aliphatic carbocycles. The van der Waals surface area contributed by atoms with E-state index in [0.29, 0.717) is 12.1 Å². The van der Waals surface area contributed by atoms with Crippen molar-refractivity contribution in [3.05, 3.63) is 28.8 Å². The summed E-state index contributed by atoms with van der Waals surface area (Å²) in [4.78, 5) is 0.243. The number of hydrogen-bond acceptors (Lipinski definition) is 3. The fraction of sp³-hybridized carbons (Fsp3) is 0.500. The lowest BCUT2D eigenvalue weighted by molar-refractivity contribution is 0.360. The zero-order valence-electron chi connectivity index (χ0n) is 12.0. The molecule has 0 radical (unpaired) electrons. The van der Waals surface area contributed by atoms with Crippen molar-refractivity contribution in [3.8, 4) is 0 Å². The molecule has 21 heavy (non-hydrogen) atoms. The van der Waals surface area contributed by atoms with E-state index in [1.807, 2.05) is 13.8 Å². The second-order valence-electron chi connectivity index (χ2n) is 5.71. The Labute approximate surface area is 136 Å². The first-order valence-electron chi connectivity index (χ1n) is 6.84. The summed E-state index contributed by atoms with van der Waals surface area (Å²) in [6, 6.07) is 4.72. The zero-order chi connectivity index (χ0) is 15.8. The Hall–Kier alpha value is -0.690. The smallest absolute Gasteiger partial charge is 0.244 e. The van der Waals surface area contributed by atoms with Gasteiger partial charge in [-0.05, 0) is 30.9 Å². The quantitative estimate of drug-likeness (QED) is 0.804. The fourth-order valence-corrected chi connectivity index (χ4v) is 4.62. The molecular weight excluding hydrogens is 328 g/mol. The van der Waals surface area contributed by atoms with Gasteiger partial charge in [0.05, 0.1) is 5.02 Å². The molecule has 0 aromatic heterocycles. The first kappa shape index (κ1) is 16.7. The number of nitrogens with two attached hydrogens (primary N) is 1. The highest BCUT2D eigenvalue weighted by molar-refractivity contribution is 7.89. The third-order valence-corrected chi connectivity index (χ3v) is 5.94.